The lowest BCUT2D eigenvalue weighted by atomic mass is 9.92. The molecule has 3 nitrogen and oxygen atoms in total. The molecule has 0 saturated carbocycles. The number of pyridine rings is 1. The number of nitrogens with zero attached hydrogens (tertiary/aromatic N) is 1. The molecule has 1 N–H and O–H groups in total. The Kier molecular flexibility index (Phi) is 2.78. The van der Waals surface area contributed by atoms with Gasteiger partial charge in [0.2, 0.25) is 11.9 Å². The van der Waals surface area contributed by atoms with Gasteiger partial charge in [0.05, 0.1) is 17.2 Å². The average molecular weight is 274 g/mol. The van der Waals surface area contributed by atoms with Gasteiger partial charge >= 0.3 is 0 Å². The van der Waals surface area contributed by atoms with Crippen molar-refractivity contribution in [3.8, 4) is 11.1 Å². The van der Waals surface area contributed by atoms with Crippen LogP contribution in [-0.4, -0.2) is 10.9 Å². The van der Waals surface area contributed by atoms with Crippen molar-refractivity contribution < 1.29 is 13.6 Å². The summed E-state index contributed by atoms with van der Waals surface area (Å²) in [6.45, 7) is 3.31. The van der Waals surface area contributed by atoms with Crippen molar-refractivity contribution in [3.63, 3.8) is 0 Å². The molecule has 1 aromatic heterocycles. The third-order valence-corrected chi connectivity index (χ3v) is 3.50. The van der Waals surface area contributed by atoms with Gasteiger partial charge < -0.3 is 5.32 Å². The van der Waals surface area contributed by atoms with Gasteiger partial charge in [0, 0.05) is 5.69 Å². The highest BCUT2D eigenvalue weighted by molar-refractivity contribution is 6.03. The van der Waals surface area contributed by atoms with Gasteiger partial charge in [0.15, 0.2) is 0 Å². The highest BCUT2D eigenvalue weighted by Gasteiger charge is 2.28. The van der Waals surface area contributed by atoms with E-state index in [1.54, 1.807) is 19.9 Å². The molecule has 20 heavy (non-hydrogen) atoms. The fourth-order valence-electron chi connectivity index (χ4n) is 2.49. The zero-order valence-electron chi connectivity index (χ0n) is 11.0. The lowest BCUT2D eigenvalue weighted by Crippen LogP contribution is -2.17. The van der Waals surface area contributed by atoms with E-state index in [1.807, 2.05) is 0 Å². The minimum atomic E-state index is -0.665. The van der Waals surface area contributed by atoms with Gasteiger partial charge in [-0.05, 0) is 43.2 Å². The number of aryl methyl sites for hydroxylation is 1. The fraction of sp³-hybridized carbons (Fsp3) is 0.200. The molecule has 1 aliphatic rings. The second kappa shape index (κ2) is 4.37. The Labute approximate surface area is 114 Å². The van der Waals surface area contributed by atoms with Crippen LogP contribution >= 0.6 is 0 Å². The van der Waals surface area contributed by atoms with E-state index in [9.17, 15) is 13.6 Å². The number of anilines is 1. The molecule has 102 valence electrons. The number of amides is 1. The number of benzene rings is 1. The van der Waals surface area contributed by atoms with E-state index >= 15 is 0 Å². The molecule has 1 unspecified atom stereocenters. The Balaban J connectivity index is 2.38. The van der Waals surface area contributed by atoms with Crippen LogP contribution in [0.25, 0.3) is 11.1 Å². The van der Waals surface area contributed by atoms with Gasteiger partial charge in [-0.1, -0.05) is 6.07 Å². The van der Waals surface area contributed by atoms with Gasteiger partial charge in [-0.3, -0.25) is 4.79 Å². The van der Waals surface area contributed by atoms with Crippen LogP contribution in [0.3, 0.4) is 0 Å². The summed E-state index contributed by atoms with van der Waals surface area (Å²) in [5, 5.41) is 2.68. The maximum Gasteiger partial charge on any atom is 0.231 e. The first kappa shape index (κ1) is 12.7. The van der Waals surface area contributed by atoms with Crippen molar-refractivity contribution >= 4 is 11.6 Å². The van der Waals surface area contributed by atoms with Gasteiger partial charge in [-0.25, -0.2) is 9.37 Å². The van der Waals surface area contributed by atoms with Gasteiger partial charge in [-0.15, -0.1) is 0 Å². The molecule has 1 aliphatic heterocycles. The van der Waals surface area contributed by atoms with Gasteiger partial charge in [0.25, 0.3) is 0 Å². The highest BCUT2D eigenvalue weighted by atomic mass is 19.1. The van der Waals surface area contributed by atoms with E-state index in [1.165, 1.54) is 18.2 Å². The maximum absolute atomic E-state index is 14.2. The Morgan fingerprint density at radius 2 is 2.00 bits per heavy atom. The molecule has 0 bridgehead atoms. The molecule has 0 fully saturated rings. The van der Waals surface area contributed by atoms with E-state index < -0.39 is 17.7 Å². The maximum atomic E-state index is 14.2. The standard InChI is InChI=1S/C15H12F2N2O/c1-7-5-12-13(14(17)18-7)10-4-3-9(16)6-11(10)8(2)15(20)19-12/h3-6,8H,1-2H3,(H,19,20). The number of rotatable bonds is 0. The molecule has 1 aromatic carbocycles. The van der Waals surface area contributed by atoms with Crippen LogP contribution in [0.2, 0.25) is 0 Å². The van der Waals surface area contributed by atoms with Gasteiger partial charge in [0.1, 0.15) is 5.82 Å². The SMILES string of the molecule is Cc1cc2c(c(F)n1)-c1ccc(F)cc1C(C)C(=O)N2. The first-order valence-electron chi connectivity index (χ1n) is 6.25. The molecule has 1 atom stereocenters. The zero-order chi connectivity index (χ0) is 14.4. The topological polar surface area (TPSA) is 42.0 Å². The van der Waals surface area contributed by atoms with Crippen molar-refractivity contribution in [2.45, 2.75) is 19.8 Å². The number of aromatic nitrogens is 1. The second-order valence-corrected chi connectivity index (χ2v) is 4.92. The van der Waals surface area contributed by atoms with Crippen molar-refractivity contribution in [1.29, 1.82) is 0 Å². The van der Waals surface area contributed by atoms with Crippen LogP contribution in [0.1, 0.15) is 24.1 Å². The Hall–Kier alpha value is -2.30. The first-order valence-corrected chi connectivity index (χ1v) is 6.25. The van der Waals surface area contributed by atoms with Crippen molar-refractivity contribution in [3.05, 3.63) is 47.3 Å². The Morgan fingerprint density at radius 3 is 2.75 bits per heavy atom. The summed E-state index contributed by atoms with van der Waals surface area (Å²) in [6.07, 6.45) is 0. The molecule has 0 saturated heterocycles. The molecule has 5 heteroatoms. The minimum Gasteiger partial charge on any atom is -0.325 e. The summed E-state index contributed by atoms with van der Waals surface area (Å²) in [4.78, 5) is 15.9. The smallest absolute Gasteiger partial charge is 0.231 e. The molecular weight excluding hydrogens is 262 g/mol. The fourth-order valence-corrected chi connectivity index (χ4v) is 2.49. The van der Waals surface area contributed by atoms with E-state index in [4.69, 9.17) is 0 Å². The van der Waals surface area contributed by atoms with E-state index in [0.29, 0.717) is 22.5 Å². The largest absolute Gasteiger partial charge is 0.325 e. The predicted octanol–water partition coefficient (Wildman–Crippen LogP) is 3.39. The number of hydrogen-bond acceptors (Lipinski definition) is 2. The van der Waals surface area contributed by atoms with Crippen LogP contribution in [0.5, 0.6) is 0 Å². The predicted molar refractivity (Wildman–Crippen MR) is 71.4 cm³/mol. The second-order valence-electron chi connectivity index (χ2n) is 4.92. The van der Waals surface area contributed by atoms with Crippen LogP contribution in [-0.2, 0) is 4.79 Å². The van der Waals surface area contributed by atoms with Crippen molar-refractivity contribution in [2.24, 2.45) is 0 Å². The summed E-state index contributed by atoms with van der Waals surface area (Å²) < 4.78 is 27.6. The summed E-state index contributed by atoms with van der Waals surface area (Å²) in [6, 6.07) is 5.63. The average Bonchev–Trinajstić information content (AvgIpc) is 2.47. The van der Waals surface area contributed by atoms with Crippen LogP contribution in [0.4, 0.5) is 14.5 Å². The normalized spacial score (nSPS) is 17.0. The van der Waals surface area contributed by atoms with E-state index in [2.05, 4.69) is 10.3 Å². The summed E-state index contributed by atoms with van der Waals surface area (Å²) in [5.74, 6) is -1.97. The first-order chi connectivity index (χ1) is 9.47. The molecule has 2 heterocycles. The number of halogens is 2. The van der Waals surface area contributed by atoms with E-state index in [-0.39, 0.29) is 11.5 Å². The molecular formula is C15H12F2N2O. The molecule has 3 rings (SSSR count). The lowest BCUT2D eigenvalue weighted by Gasteiger charge is -2.11. The summed E-state index contributed by atoms with van der Waals surface area (Å²) in [7, 11) is 0. The summed E-state index contributed by atoms with van der Waals surface area (Å²) in [5.41, 5.74) is 2.02. The molecule has 0 radical (unpaired) electrons. The number of hydrogen-bond donors (Lipinski definition) is 1. The van der Waals surface area contributed by atoms with Crippen LogP contribution in [0.15, 0.2) is 24.3 Å². The monoisotopic (exact) mass is 274 g/mol. The summed E-state index contributed by atoms with van der Waals surface area (Å²) >= 11 is 0. The van der Waals surface area contributed by atoms with Crippen molar-refractivity contribution in [2.75, 3.05) is 5.32 Å². The molecule has 0 spiro atoms. The Bertz CT molecular complexity index is 728. The number of nitrogens with one attached hydrogen (secondary N) is 1. The third kappa shape index (κ3) is 1.86. The quantitative estimate of drug-likeness (QED) is 0.748. The van der Waals surface area contributed by atoms with Crippen molar-refractivity contribution in [1.82, 2.24) is 4.98 Å². The molecule has 1 amide bonds. The molecule has 2 aromatic rings. The van der Waals surface area contributed by atoms with Gasteiger partial charge in [-0.2, -0.15) is 4.39 Å². The third-order valence-electron chi connectivity index (χ3n) is 3.50. The number of carbonyl (C=O) groups is 1. The Morgan fingerprint density at radius 1 is 1.25 bits per heavy atom. The lowest BCUT2D eigenvalue weighted by molar-refractivity contribution is -0.117. The number of fused-ring (bicyclic) bond motifs is 3. The minimum absolute atomic E-state index is 0.211. The number of carbonyl (C=O) groups excluding carboxylic acids is 1. The molecule has 0 aliphatic carbocycles. The highest BCUT2D eigenvalue weighted by Crippen LogP contribution is 2.39. The zero-order valence-corrected chi connectivity index (χ0v) is 11.0. The van der Waals surface area contributed by atoms with Crippen LogP contribution in [0, 0.1) is 18.7 Å². The van der Waals surface area contributed by atoms with E-state index in [0.717, 1.165) is 0 Å². The van der Waals surface area contributed by atoms with Crippen LogP contribution < -0.4 is 5.32 Å².